The lowest BCUT2D eigenvalue weighted by atomic mass is 10.1. The van der Waals surface area contributed by atoms with Crippen molar-refractivity contribution in [1.82, 2.24) is 4.57 Å². The van der Waals surface area contributed by atoms with Crippen molar-refractivity contribution in [2.45, 2.75) is 50.8 Å². The van der Waals surface area contributed by atoms with E-state index in [1.165, 1.54) is 12.8 Å². The van der Waals surface area contributed by atoms with Crippen LogP contribution in [0.2, 0.25) is 5.02 Å². The van der Waals surface area contributed by atoms with Crippen molar-refractivity contribution in [3.8, 4) is 0 Å². The molecule has 2 aliphatic carbocycles. The van der Waals surface area contributed by atoms with E-state index >= 15 is 0 Å². The molecule has 2 N–H and O–H groups in total. The molecule has 1 heterocycles. The third kappa shape index (κ3) is 5.13. The fraction of sp³-hybridized carbons (Fsp3) is 0.407. The normalized spacial score (nSPS) is 16.3. The van der Waals surface area contributed by atoms with Gasteiger partial charge in [-0.3, -0.25) is 4.79 Å². The molecule has 0 unspecified atom stereocenters. The lowest BCUT2D eigenvalue weighted by Crippen LogP contribution is -2.20. The second-order valence-electron chi connectivity index (χ2n) is 9.51. The molecule has 1 aromatic heterocycles. The van der Waals surface area contributed by atoms with E-state index in [4.69, 9.17) is 11.6 Å². The number of thioether (sulfide) groups is 1. The van der Waals surface area contributed by atoms with Crippen molar-refractivity contribution in [2.24, 2.45) is 11.8 Å². The van der Waals surface area contributed by atoms with Crippen molar-refractivity contribution in [3.05, 3.63) is 64.3 Å². The SMILES string of the molecule is O=C(O)c1ccc(Cn2c(CSCC3CC3)c(Cl)c3cc(NC(=O)C4CCCC4)ccc32)cc1. The molecular formula is C27H29ClN2O3S. The van der Waals surface area contributed by atoms with Crippen molar-refractivity contribution < 1.29 is 14.7 Å². The summed E-state index contributed by atoms with van der Waals surface area (Å²) in [6.45, 7) is 0.607. The summed E-state index contributed by atoms with van der Waals surface area (Å²) in [4.78, 5) is 23.9. The molecule has 7 heteroatoms. The highest BCUT2D eigenvalue weighted by atomic mass is 35.5. The van der Waals surface area contributed by atoms with E-state index in [1.807, 2.05) is 42.1 Å². The van der Waals surface area contributed by atoms with Gasteiger partial charge in [0.15, 0.2) is 0 Å². The molecule has 2 aromatic carbocycles. The predicted molar refractivity (Wildman–Crippen MR) is 139 cm³/mol. The average molecular weight is 497 g/mol. The molecule has 0 radical (unpaired) electrons. The summed E-state index contributed by atoms with van der Waals surface area (Å²) in [6, 6.07) is 13.0. The third-order valence-electron chi connectivity index (χ3n) is 6.93. The van der Waals surface area contributed by atoms with Crippen LogP contribution in [0.25, 0.3) is 10.9 Å². The number of nitrogens with one attached hydrogen (secondary N) is 1. The molecule has 34 heavy (non-hydrogen) atoms. The molecule has 1 amide bonds. The van der Waals surface area contributed by atoms with Crippen LogP contribution in [0.5, 0.6) is 0 Å². The first-order chi connectivity index (χ1) is 16.5. The van der Waals surface area contributed by atoms with Crippen molar-refractivity contribution in [1.29, 1.82) is 0 Å². The third-order valence-corrected chi connectivity index (χ3v) is 8.53. The molecule has 5 rings (SSSR count). The Morgan fingerprint density at radius 3 is 2.47 bits per heavy atom. The minimum Gasteiger partial charge on any atom is -0.478 e. The summed E-state index contributed by atoms with van der Waals surface area (Å²) in [5.41, 5.74) is 4.18. The Labute approximate surface area is 208 Å². The molecule has 2 saturated carbocycles. The van der Waals surface area contributed by atoms with Gasteiger partial charge < -0.3 is 15.0 Å². The van der Waals surface area contributed by atoms with Gasteiger partial charge in [-0.25, -0.2) is 4.79 Å². The van der Waals surface area contributed by atoms with E-state index in [9.17, 15) is 14.7 Å². The van der Waals surface area contributed by atoms with E-state index in [0.717, 1.165) is 76.0 Å². The number of carboxylic acids is 1. The fourth-order valence-corrected chi connectivity index (χ4v) is 6.42. The van der Waals surface area contributed by atoms with Gasteiger partial charge in [0.25, 0.3) is 0 Å². The van der Waals surface area contributed by atoms with E-state index in [2.05, 4.69) is 9.88 Å². The number of anilines is 1. The van der Waals surface area contributed by atoms with Gasteiger partial charge >= 0.3 is 5.97 Å². The topological polar surface area (TPSA) is 71.3 Å². The highest BCUT2D eigenvalue weighted by Crippen LogP contribution is 2.38. The number of nitrogens with zero attached hydrogens (tertiary/aromatic N) is 1. The number of rotatable bonds is 9. The molecule has 5 nitrogen and oxygen atoms in total. The van der Waals surface area contributed by atoms with E-state index < -0.39 is 5.97 Å². The van der Waals surface area contributed by atoms with Gasteiger partial charge in [0, 0.05) is 35.0 Å². The predicted octanol–water partition coefficient (Wildman–Crippen LogP) is 6.81. The smallest absolute Gasteiger partial charge is 0.335 e. The summed E-state index contributed by atoms with van der Waals surface area (Å²) >= 11 is 8.85. The van der Waals surface area contributed by atoms with Crippen LogP contribution in [0.3, 0.4) is 0 Å². The van der Waals surface area contributed by atoms with Crippen LogP contribution in [0.1, 0.15) is 60.1 Å². The average Bonchev–Trinajstić information content (AvgIpc) is 3.41. The van der Waals surface area contributed by atoms with Gasteiger partial charge in [0.2, 0.25) is 5.91 Å². The van der Waals surface area contributed by atoms with E-state index in [0.29, 0.717) is 6.54 Å². The number of fused-ring (bicyclic) bond motifs is 1. The number of aromatic nitrogens is 1. The molecule has 0 bridgehead atoms. The maximum absolute atomic E-state index is 12.6. The van der Waals surface area contributed by atoms with Gasteiger partial charge in [0.1, 0.15) is 0 Å². The first kappa shape index (κ1) is 23.3. The quantitative estimate of drug-likeness (QED) is 0.341. The molecule has 0 spiro atoms. The second kappa shape index (κ2) is 10.0. The molecule has 2 fully saturated rings. The first-order valence-corrected chi connectivity index (χ1v) is 13.5. The molecular weight excluding hydrogens is 468 g/mol. The minimum absolute atomic E-state index is 0.103. The molecule has 0 saturated heterocycles. The summed E-state index contributed by atoms with van der Waals surface area (Å²) in [5, 5.41) is 14.0. The van der Waals surface area contributed by atoms with Crippen LogP contribution < -0.4 is 5.32 Å². The van der Waals surface area contributed by atoms with Crippen LogP contribution in [-0.2, 0) is 17.1 Å². The summed E-state index contributed by atoms with van der Waals surface area (Å²) in [7, 11) is 0. The maximum atomic E-state index is 12.6. The minimum atomic E-state index is -0.926. The van der Waals surface area contributed by atoms with E-state index in [-0.39, 0.29) is 17.4 Å². The van der Waals surface area contributed by atoms with Gasteiger partial charge in [-0.2, -0.15) is 11.8 Å². The Balaban J connectivity index is 1.44. The van der Waals surface area contributed by atoms with Crippen LogP contribution in [0, 0.1) is 11.8 Å². The molecule has 0 atom stereocenters. The number of halogens is 1. The monoisotopic (exact) mass is 496 g/mol. The molecule has 178 valence electrons. The van der Waals surface area contributed by atoms with Gasteiger partial charge in [-0.05, 0) is 73.2 Å². The van der Waals surface area contributed by atoms with Crippen molar-refractivity contribution in [2.75, 3.05) is 11.1 Å². The lowest BCUT2D eigenvalue weighted by Gasteiger charge is -2.13. The number of hydrogen-bond acceptors (Lipinski definition) is 3. The van der Waals surface area contributed by atoms with Crippen LogP contribution in [0.4, 0.5) is 5.69 Å². The fourth-order valence-electron chi connectivity index (χ4n) is 4.74. The molecule has 2 aliphatic rings. The zero-order valence-corrected chi connectivity index (χ0v) is 20.6. The Hall–Kier alpha value is -2.44. The number of carbonyl (C=O) groups is 2. The van der Waals surface area contributed by atoms with E-state index in [1.54, 1.807) is 12.1 Å². The molecule has 3 aromatic rings. The number of benzene rings is 2. The summed E-state index contributed by atoms with van der Waals surface area (Å²) in [5.74, 6) is 2.09. The Bertz CT molecular complexity index is 1210. The standard InChI is InChI=1S/C27H29ClN2O3S/c28-25-22-13-21(29-26(31)19-3-1-2-4-19)11-12-23(22)30(24(25)16-34-15-18-5-6-18)14-17-7-9-20(10-8-17)27(32)33/h7-13,18-19H,1-6,14-16H2,(H,29,31)(H,32,33). The number of amides is 1. The van der Waals surface area contributed by atoms with Crippen LogP contribution in [0.15, 0.2) is 42.5 Å². The van der Waals surface area contributed by atoms with Crippen molar-refractivity contribution >= 4 is 51.8 Å². The molecule has 0 aliphatic heterocycles. The van der Waals surface area contributed by atoms with Gasteiger partial charge in [-0.15, -0.1) is 0 Å². The van der Waals surface area contributed by atoms with Crippen LogP contribution >= 0.6 is 23.4 Å². The zero-order valence-electron chi connectivity index (χ0n) is 19.1. The maximum Gasteiger partial charge on any atom is 0.335 e. The van der Waals surface area contributed by atoms with Crippen LogP contribution in [-0.4, -0.2) is 27.3 Å². The Morgan fingerprint density at radius 2 is 1.79 bits per heavy atom. The number of carboxylic acid groups (broad SMARTS) is 1. The number of hydrogen-bond donors (Lipinski definition) is 2. The second-order valence-corrected chi connectivity index (χ2v) is 10.9. The lowest BCUT2D eigenvalue weighted by molar-refractivity contribution is -0.119. The van der Waals surface area contributed by atoms with Crippen molar-refractivity contribution in [3.63, 3.8) is 0 Å². The van der Waals surface area contributed by atoms with Gasteiger partial charge in [-0.1, -0.05) is 36.6 Å². The highest BCUT2D eigenvalue weighted by molar-refractivity contribution is 7.98. The van der Waals surface area contributed by atoms with Gasteiger partial charge in [0.05, 0.1) is 16.1 Å². The Morgan fingerprint density at radius 1 is 1.06 bits per heavy atom. The number of aromatic carboxylic acids is 1. The Kier molecular flexibility index (Phi) is 6.89. The largest absolute Gasteiger partial charge is 0.478 e. The number of carbonyl (C=O) groups excluding carboxylic acids is 1. The zero-order chi connectivity index (χ0) is 23.7. The summed E-state index contributed by atoms with van der Waals surface area (Å²) in [6.07, 6.45) is 6.83. The highest BCUT2D eigenvalue weighted by Gasteiger charge is 2.24. The first-order valence-electron chi connectivity index (χ1n) is 12.0. The summed E-state index contributed by atoms with van der Waals surface area (Å²) < 4.78 is 2.23.